The van der Waals surface area contributed by atoms with E-state index in [2.05, 4.69) is 33.6 Å². The van der Waals surface area contributed by atoms with Crippen molar-refractivity contribution in [2.24, 2.45) is 0 Å². The van der Waals surface area contributed by atoms with E-state index in [9.17, 15) is 5.21 Å². The highest BCUT2D eigenvalue weighted by atomic mass is 16.5. The molecule has 1 heterocycles. The normalized spacial score (nSPS) is 10.9. The maximum absolute atomic E-state index is 10.7. The third-order valence-electron chi connectivity index (χ3n) is 4.81. The first kappa shape index (κ1) is 22.5. The van der Waals surface area contributed by atoms with Crippen LogP contribution in [-0.4, -0.2) is 39.3 Å². The Morgan fingerprint density at radius 1 is 0.677 bits per heavy atom. The zero-order chi connectivity index (χ0) is 22.2. The van der Waals surface area contributed by atoms with Gasteiger partial charge in [0.25, 0.3) is 5.95 Å². The summed E-state index contributed by atoms with van der Waals surface area (Å²) in [5.74, 6) is 1.28. The summed E-state index contributed by atoms with van der Waals surface area (Å²) in [7, 11) is 0. The summed E-state index contributed by atoms with van der Waals surface area (Å²) in [5, 5.41) is 11.8. The number of hydroxylamine groups is 1. The molecule has 164 valence electrons. The number of benzene rings is 2. The van der Waals surface area contributed by atoms with Crippen molar-refractivity contribution in [3.63, 3.8) is 0 Å². The molecule has 0 radical (unpaired) electrons. The molecule has 0 saturated carbocycles. The molecule has 0 amide bonds. The molecule has 31 heavy (non-hydrogen) atoms. The fourth-order valence-electron chi connectivity index (χ4n) is 3.27. The maximum Gasteiger partial charge on any atom is 0.256 e. The largest absolute Gasteiger partial charge is 0.310 e. The molecule has 1 aromatic heterocycles. The zero-order valence-corrected chi connectivity index (χ0v) is 18.8. The standard InChI is InChI=1S/C24H32N6O/c1-5-17-28(20-13-9-7-10-14-20)22-25-23(27-24(26-22)30(31)19(3)4)29(18-6-2)21-15-11-8-12-16-21/h7-16,19,31H,5-6,17-18H2,1-4H3. The third-order valence-corrected chi connectivity index (χ3v) is 4.81. The van der Waals surface area contributed by atoms with Crippen LogP contribution >= 0.6 is 0 Å². The molecular weight excluding hydrogens is 388 g/mol. The Labute approximate surface area is 185 Å². The summed E-state index contributed by atoms with van der Waals surface area (Å²) in [4.78, 5) is 18.3. The van der Waals surface area contributed by atoms with Gasteiger partial charge in [-0.15, -0.1) is 0 Å². The van der Waals surface area contributed by atoms with Gasteiger partial charge in [-0.1, -0.05) is 50.2 Å². The minimum Gasteiger partial charge on any atom is -0.310 e. The third kappa shape index (κ3) is 5.49. The van der Waals surface area contributed by atoms with Gasteiger partial charge in [0.05, 0.1) is 6.04 Å². The molecule has 0 aliphatic rings. The second-order valence-electron chi connectivity index (χ2n) is 7.65. The fourth-order valence-corrected chi connectivity index (χ4v) is 3.27. The molecule has 0 spiro atoms. The molecule has 7 nitrogen and oxygen atoms in total. The monoisotopic (exact) mass is 420 g/mol. The van der Waals surface area contributed by atoms with Gasteiger partial charge in [-0.25, -0.2) is 5.06 Å². The van der Waals surface area contributed by atoms with Crippen LogP contribution in [0.5, 0.6) is 0 Å². The number of rotatable bonds is 10. The average molecular weight is 421 g/mol. The van der Waals surface area contributed by atoms with Crippen molar-refractivity contribution in [3.8, 4) is 0 Å². The summed E-state index contributed by atoms with van der Waals surface area (Å²) in [6, 6.07) is 20.0. The van der Waals surface area contributed by atoms with Crippen LogP contribution in [0.3, 0.4) is 0 Å². The van der Waals surface area contributed by atoms with Crippen molar-refractivity contribution in [2.45, 2.75) is 46.6 Å². The number of nitrogens with zero attached hydrogens (tertiary/aromatic N) is 6. The van der Waals surface area contributed by atoms with Crippen LogP contribution in [0.4, 0.5) is 29.2 Å². The summed E-state index contributed by atoms with van der Waals surface area (Å²) < 4.78 is 0. The van der Waals surface area contributed by atoms with Crippen molar-refractivity contribution in [1.29, 1.82) is 0 Å². The molecule has 1 N–H and O–H groups in total. The Morgan fingerprint density at radius 3 is 1.42 bits per heavy atom. The molecule has 0 aliphatic carbocycles. The number of aromatic nitrogens is 3. The first-order valence-corrected chi connectivity index (χ1v) is 10.9. The lowest BCUT2D eigenvalue weighted by Gasteiger charge is -2.28. The van der Waals surface area contributed by atoms with Crippen LogP contribution in [0.15, 0.2) is 60.7 Å². The van der Waals surface area contributed by atoms with Crippen molar-refractivity contribution in [2.75, 3.05) is 28.0 Å². The van der Waals surface area contributed by atoms with E-state index in [1.165, 1.54) is 0 Å². The summed E-state index contributed by atoms with van der Waals surface area (Å²) in [6.45, 7) is 9.53. The minimum atomic E-state index is -0.171. The van der Waals surface area contributed by atoms with Crippen LogP contribution in [0, 0.1) is 0 Å². The van der Waals surface area contributed by atoms with Gasteiger partial charge in [0.1, 0.15) is 0 Å². The van der Waals surface area contributed by atoms with E-state index in [0.717, 1.165) is 42.4 Å². The van der Waals surface area contributed by atoms with Gasteiger partial charge in [0, 0.05) is 24.5 Å². The topological polar surface area (TPSA) is 68.6 Å². The number of hydrogen-bond acceptors (Lipinski definition) is 7. The quantitative estimate of drug-likeness (QED) is 0.430. The van der Waals surface area contributed by atoms with E-state index >= 15 is 0 Å². The lowest BCUT2D eigenvalue weighted by atomic mass is 10.2. The molecule has 2 aromatic carbocycles. The fraction of sp³-hybridized carbons (Fsp3) is 0.375. The molecule has 0 saturated heterocycles. The average Bonchev–Trinajstić information content (AvgIpc) is 2.81. The second-order valence-corrected chi connectivity index (χ2v) is 7.65. The van der Waals surface area contributed by atoms with Gasteiger partial charge in [0.2, 0.25) is 11.9 Å². The number of anilines is 5. The molecule has 7 heteroatoms. The smallest absolute Gasteiger partial charge is 0.256 e. The summed E-state index contributed by atoms with van der Waals surface area (Å²) in [5.41, 5.74) is 2.01. The van der Waals surface area contributed by atoms with Crippen molar-refractivity contribution in [3.05, 3.63) is 60.7 Å². The van der Waals surface area contributed by atoms with Crippen molar-refractivity contribution in [1.82, 2.24) is 15.0 Å². The van der Waals surface area contributed by atoms with Gasteiger partial charge in [-0.05, 0) is 51.0 Å². The Hall–Kier alpha value is -3.19. The minimum absolute atomic E-state index is 0.171. The predicted molar refractivity (Wildman–Crippen MR) is 127 cm³/mol. The maximum atomic E-state index is 10.7. The first-order valence-electron chi connectivity index (χ1n) is 10.9. The molecule has 3 aromatic rings. The lowest BCUT2D eigenvalue weighted by Crippen LogP contribution is -2.31. The molecule has 0 aliphatic heterocycles. The van der Waals surface area contributed by atoms with E-state index in [-0.39, 0.29) is 12.0 Å². The molecule has 0 bridgehead atoms. The summed E-state index contributed by atoms with van der Waals surface area (Å²) in [6.07, 6.45) is 1.85. The second kappa shape index (κ2) is 10.7. The molecular formula is C24H32N6O. The summed E-state index contributed by atoms with van der Waals surface area (Å²) >= 11 is 0. The van der Waals surface area contributed by atoms with Gasteiger partial charge in [0.15, 0.2) is 0 Å². The Morgan fingerprint density at radius 2 is 1.06 bits per heavy atom. The Bertz CT molecular complexity index is 868. The van der Waals surface area contributed by atoms with Gasteiger partial charge in [-0.3, -0.25) is 5.21 Å². The molecule has 0 atom stereocenters. The number of hydrogen-bond donors (Lipinski definition) is 1. The molecule has 3 rings (SSSR count). The zero-order valence-electron chi connectivity index (χ0n) is 18.8. The van der Waals surface area contributed by atoms with Gasteiger partial charge < -0.3 is 9.80 Å². The SMILES string of the molecule is CCCN(c1ccccc1)c1nc(N(CCC)c2ccccc2)nc(N(O)C(C)C)n1. The van der Waals surface area contributed by atoms with E-state index in [1.807, 2.05) is 74.5 Å². The van der Waals surface area contributed by atoms with Crippen LogP contribution < -0.4 is 14.9 Å². The van der Waals surface area contributed by atoms with Gasteiger partial charge >= 0.3 is 0 Å². The highest BCUT2D eigenvalue weighted by Crippen LogP contribution is 2.29. The van der Waals surface area contributed by atoms with E-state index in [1.54, 1.807) is 0 Å². The molecule has 0 fully saturated rings. The van der Waals surface area contributed by atoms with Crippen LogP contribution in [-0.2, 0) is 0 Å². The van der Waals surface area contributed by atoms with E-state index in [0.29, 0.717) is 11.9 Å². The van der Waals surface area contributed by atoms with Crippen LogP contribution in [0.2, 0.25) is 0 Å². The first-order chi connectivity index (χ1) is 15.0. The van der Waals surface area contributed by atoms with Gasteiger partial charge in [-0.2, -0.15) is 15.0 Å². The Balaban J connectivity index is 2.15. The highest BCUT2D eigenvalue weighted by Gasteiger charge is 2.22. The number of para-hydroxylation sites is 2. The van der Waals surface area contributed by atoms with E-state index < -0.39 is 0 Å². The highest BCUT2D eigenvalue weighted by molar-refractivity contribution is 5.63. The molecule has 0 unspecified atom stereocenters. The van der Waals surface area contributed by atoms with Crippen LogP contribution in [0.25, 0.3) is 0 Å². The predicted octanol–water partition coefficient (Wildman–Crippen LogP) is 5.57. The van der Waals surface area contributed by atoms with E-state index in [4.69, 9.17) is 4.98 Å². The van der Waals surface area contributed by atoms with Crippen molar-refractivity contribution >= 4 is 29.2 Å². The van der Waals surface area contributed by atoms with Crippen LogP contribution in [0.1, 0.15) is 40.5 Å². The lowest BCUT2D eigenvalue weighted by molar-refractivity contribution is 0.222. The van der Waals surface area contributed by atoms with Crippen molar-refractivity contribution < 1.29 is 5.21 Å². The Kier molecular flexibility index (Phi) is 7.78.